The van der Waals surface area contributed by atoms with Crippen LogP contribution in [0.25, 0.3) is 11.3 Å². The van der Waals surface area contributed by atoms with Crippen LogP contribution >= 0.6 is 0 Å². The van der Waals surface area contributed by atoms with E-state index in [-0.39, 0.29) is 5.91 Å². The number of aromatic amines is 1. The number of aromatic nitrogens is 2. The van der Waals surface area contributed by atoms with E-state index in [1.807, 2.05) is 36.4 Å². The van der Waals surface area contributed by atoms with Crippen LogP contribution in [0.5, 0.6) is 5.75 Å². The summed E-state index contributed by atoms with van der Waals surface area (Å²) >= 11 is 0. The molecule has 0 atom stereocenters. The highest BCUT2D eigenvalue weighted by Gasteiger charge is 2.24. The molecule has 0 unspecified atom stereocenters. The number of rotatable bonds is 4. The zero-order chi connectivity index (χ0) is 17.2. The van der Waals surface area contributed by atoms with Crippen molar-refractivity contribution in [1.82, 2.24) is 15.5 Å². The van der Waals surface area contributed by atoms with Gasteiger partial charge in [-0.05, 0) is 36.1 Å². The van der Waals surface area contributed by atoms with Crippen molar-refractivity contribution in [2.45, 2.75) is 19.4 Å². The van der Waals surface area contributed by atoms with Crippen molar-refractivity contribution in [1.29, 1.82) is 0 Å². The second-order valence-electron chi connectivity index (χ2n) is 6.11. The Morgan fingerprint density at radius 3 is 2.76 bits per heavy atom. The Bertz CT molecular complexity index is 913. The fraction of sp³-hybridized carbons (Fsp3) is 0.200. The third kappa shape index (κ3) is 2.89. The van der Waals surface area contributed by atoms with Gasteiger partial charge in [0.15, 0.2) is 0 Å². The quantitative estimate of drug-likeness (QED) is 0.771. The second-order valence-corrected chi connectivity index (χ2v) is 6.11. The van der Waals surface area contributed by atoms with Crippen LogP contribution in [-0.4, -0.2) is 23.2 Å². The topological polar surface area (TPSA) is 67.0 Å². The van der Waals surface area contributed by atoms with Gasteiger partial charge in [-0.15, -0.1) is 0 Å². The van der Waals surface area contributed by atoms with Gasteiger partial charge >= 0.3 is 0 Å². The number of hydrogen-bond acceptors (Lipinski definition) is 3. The number of benzene rings is 2. The van der Waals surface area contributed by atoms with Gasteiger partial charge in [-0.2, -0.15) is 5.10 Å². The number of H-pyrrole nitrogens is 1. The van der Waals surface area contributed by atoms with Crippen LogP contribution in [0.4, 0.5) is 0 Å². The van der Waals surface area contributed by atoms with Crippen LogP contribution in [0.2, 0.25) is 0 Å². The molecule has 0 radical (unpaired) electrons. The summed E-state index contributed by atoms with van der Waals surface area (Å²) in [6.45, 7) is 0.465. The smallest absolute Gasteiger partial charge is 0.269 e. The number of ether oxygens (including phenoxy) is 1. The molecule has 25 heavy (non-hydrogen) atoms. The third-order valence-corrected chi connectivity index (χ3v) is 4.62. The number of methoxy groups -OCH3 is 1. The van der Waals surface area contributed by atoms with E-state index in [9.17, 15) is 4.79 Å². The summed E-state index contributed by atoms with van der Waals surface area (Å²) in [4.78, 5) is 12.6. The molecule has 4 rings (SSSR count). The van der Waals surface area contributed by atoms with E-state index < -0.39 is 0 Å². The second kappa shape index (κ2) is 6.43. The molecule has 0 saturated heterocycles. The molecule has 126 valence electrons. The van der Waals surface area contributed by atoms with E-state index in [0.29, 0.717) is 12.2 Å². The lowest BCUT2D eigenvalue weighted by Gasteiger charge is -2.15. The van der Waals surface area contributed by atoms with Crippen LogP contribution in [0.1, 0.15) is 27.2 Å². The van der Waals surface area contributed by atoms with Gasteiger partial charge in [0.1, 0.15) is 11.4 Å². The molecule has 0 spiro atoms. The van der Waals surface area contributed by atoms with Crippen molar-refractivity contribution in [3.8, 4) is 17.0 Å². The summed E-state index contributed by atoms with van der Waals surface area (Å²) in [6.07, 6.45) is 1.76. The summed E-state index contributed by atoms with van der Waals surface area (Å²) in [5.74, 6) is 0.681. The van der Waals surface area contributed by atoms with Crippen LogP contribution in [-0.2, 0) is 19.4 Å². The highest BCUT2D eigenvalue weighted by molar-refractivity contribution is 5.96. The molecular weight excluding hydrogens is 314 g/mol. The predicted octanol–water partition coefficient (Wildman–Crippen LogP) is 3.11. The highest BCUT2D eigenvalue weighted by Crippen LogP contribution is 2.33. The minimum Gasteiger partial charge on any atom is -0.497 e. The molecule has 1 heterocycles. The number of fused-ring (bicyclic) bond motifs is 3. The number of carbonyl (C=O) groups excluding carboxylic acids is 1. The predicted molar refractivity (Wildman–Crippen MR) is 95.6 cm³/mol. The first-order valence-electron chi connectivity index (χ1n) is 8.33. The van der Waals surface area contributed by atoms with Crippen LogP contribution in [0.15, 0.2) is 48.5 Å². The maximum atomic E-state index is 12.6. The molecule has 5 heteroatoms. The van der Waals surface area contributed by atoms with Gasteiger partial charge in [-0.25, -0.2) is 0 Å². The van der Waals surface area contributed by atoms with E-state index in [4.69, 9.17) is 4.74 Å². The molecule has 0 bridgehead atoms. The monoisotopic (exact) mass is 333 g/mol. The fourth-order valence-corrected chi connectivity index (χ4v) is 3.26. The standard InChI is InChI=1S/C20H19N3O2/c1-25-15-9-6-13(7-10-15)12-21-20(24)19-17-11-8-14-4-2-3-5-16(14)18(17)22-23-19/h2-7,9-10H,8,11-12H2,1H3,(H,21,24)(H,22,23). The van der Waals surface area contributed by atoms with Crippen molar-refractivity contribution in [2.75, 3.05) is 7.11 Å². The van der Waals surface area contributed by atoms with Gasteiger partial charge in [0.25, 0.3) is 5.91 Å². The maximum Gasteiger partial charge on any atom is 0.269 e. The molecule has 2 N–H and O–H groups in total. The average Bonchev–Trinajstić information content (AvgIpc) is 3.11. The van der Waals surface area contributed by atoms with Crippen molar-refractivity contribution >= 4 is 5.91 Å². The van der Waals surface area contributed by atoms with Gasteiger partial charge in [-0.1, -0.05) is 36.4 Å². The zero-order valence-electron chi connectivity index (χ0n) is 14.0. The van der Waals surface area contributed by atoms with E-state index in [2.05, 4.69) is 27.6 Å². The Labute approximate surface area is 146 Å². The van der Waals surface area contributed by atoms with Crippen LogP contribution < -0.4 is 10.1 Å². The Morgan fingerprint density at radius 2 is 1.96 bits per heavy atom. The minimum atomic E-state index is -0.121. The van der Waals surface area contributed by atoms with Gasteiger partial charge in [0, 0.05) is 17.7 Å². The van der Waals surface area contributed by atoms with Crippen molar-refractivity contribution in [3.63, 3.8) is 0 Å². The highest BCUT2D eigenvalue weighted by atomic mass is 16.5. The summed E-state index contributed by atoms with van der Waals surface area (Å²) in [7, 11) is 1.64. The molecule has 1 aliphatic rings. The van der Waals surface area contributed by atoms with Crippen LogP contribution in [0.3, 0.4) is 0 Å². The summed E-state index contributed by atoms with van der Waals surface area (Å²) < 4.78 is 5.14. The molecule has 2 aromatic carbocycles. The number of hydrogen-bond donors (Lipinski definition) is 2. The summed E-state index contributed by atoms with van der Waals surface area (Å²) in [5, 5.41) is 10.3. The van der Waals surface area contributed by atoms with Gasteiger partial charge in [0.2, 0.25) is 0 Å². The SMILES string of the molecule is COc1ccc(CNC(=O)c2[nH]nc3c2CCc2ccccc2-3)cc1. The first-order valence-corrected chi connectivity index (χ1v) is 8.33. The summed E-state index contributed by atoms with van der Waals surface area (Å²) in [5.41, 5.74) is 5.90. The van der Waals surface area contributed by atoms with Crippen molar-refractivity contribution < 1.29 is 9.53 Å². The molecule has 1 aliphatic carbocycles. The molecule has 1 amide bonds. The summed E-state index contributed by atoms with van der Waals surface area (Å²) in [6, 6.07) is 15.9. The normalized spacial score (nSPS) is 12.2. The largest absolute Gasteiger partial charge is 0.497 e. The van der Waals surface area contributed by atoms with E-state index in [0.717, 1.165) is 41.0 Å². The third-order valence-electron chi connectivity index (χ3n) is 4.62. The molecule has 1 aromatic heterocycles. The fourth-order valence-electron chi connectivity index (χ4n) is 3.26. The first kappa shape index (κ1) is 15.4. The number of nitrogens with one attached hydrogen (secondary N) is 2. The minimum absolute atomic E-state index is 0.121. The Kier molecular flexibility index (Phi) is 3.98. The lowest BCUT2D eigenvalue weighted by atomic mass is 9.89. The van der Waals surface area contributed by atoms with E-state index in [1.54, 1.807) is 7.11 Å². The Hall–Kier alpha value is -3.08. The van der Waals surface area contributed by atoms with Crippen molar-refractivity contribution in [2.24, 2.45) is 0 Å². The molecule has 0 fully saturated rings. The number of aryl methyl sites for hydroxylation is 1. The van der Waals surface area contributed by atoms with Crippen molar-refractivity contribution in [3.05, 3.63) is 70.9 Å². The molecule has 3 aromatic rings. The van der Waals surface area contributed by atoms with E-state index in [1.165, 1.54) is 5.56 Å². The molecule has 0 aliphatic heterocycles. The molecular formula is C20H19N3O2. The zero-order valence-corrected chi connectivity index (χ0v) is 14.0. The van der Waals surface area contributed by atoms with Gasteiger partial charge in [-0.3, -0.25) is 9.89 Å². The van der Waals surface area contributed by atoms with Gasteiger partial charge in [0.05, 0.1) is 12.8 Å². The molecule has 5 nitrogen and oxygen atoms in total. The first-order chi connectivity index (χ1) is 12.3. The van der Waals surface area contributed by atoms with Gasteiger partial charge < -0.3 is 10.1 Å². The Balaban J connectivity index is 1.51. The van der Waals surface area contributed by atoms with E-state index >= 15 is 0 Å². The Morgan fingerprint density at radius 1 is 1.16 bits per heavy atom. The average molecular weight is 333 g/mol. The number of amides is 1. The lowest BCUT2D eigenvalue weighted by Crippen LogP contribution is -2.24. The number of nitrogens with zero attached hydrogens (tertiary/aromatic N) is 1. The lowest BCUT2D eigenvalue weighted by molar-refractivity contribution is 0.0945. The molecule has 0 saturated carbocycles. The maximum absolute atomic E-state index is 12.6. The van der Waals surface area contributed by atoms with Crippen LogP contribution in [0, 0.1) is 0 Å². The number of carbonyl (C=O) groups is 1.